The number of primary amides is 1. The van der Waals surface area contributed by atoms with Crippen molar-refractivity contribution < 1.29 is 9.53 Å². The van der Waals surface area contributed by atoms with Gasteiger partial charge < -0.3 is 15.8 Å². The molecule has 1 aliphatic heterocycles. The molecule has 1 saturated heterocycles. The van der Waals surface area contributed by atoms with E-state index < -0.39 is 12.0 Å². The maximum atomic E-state index is 11.1. The van der Waals surface area contributed by atoms with Crippen LogP contribution in [0.25, 0.3) is 5.78 Å². The number of nitrogens with zero attached hydrogens (tertiary/aromatic N) is 4. The molecule has 8 heteroatoms. The molecule has 0 saturated carbocycles. The number of nitrogens with two attached hydrogens (primary N) is 1. The number of carbonyl (C=O) groups excluding carboxylic acids is 1. The van der Waals surface area contributed by atoms with Gasteiger partial charge in [-0.1, -0.05) is 13.3 Å². The molecule has 0 aliphatic carbocycles. The van der Waals surface area contributed by atoms with Crippen LogP contribution in [0.3, 0.4) is 0 Å². The van der Waals surface area contributed by atoms with Crippen molar-refractivity contribution in [1.29, 1.82) is 0 Å². The fourth-order valence-corrected chi connectivity index (χ4v) is 2.65. The lowest BCUT2D eigenvalue weighted by atomic mass is 10.2. The monoisotopic (exact) mass is 304 g/mol. The smallest absolute Gasteiger partial charge is 0.254 e. The Morgan fingerprint density at radius 2 is 2.41 bits per heavy atom. The van der Waals surface area contributed by atoms with E-state index in [0.717, 1.165) is 30.8 Å². The Balaban J connectivity index is 1.70. The van der Waals surface area contributed by atoms with Crippen LogP contribution in [0.5, 0.6) is 0 Å². The van der Waals surface area contributed by atoms with Crippen LogP contribution in [0, 0.1) is 0 Å². The van der Waals surface area contributed by atoms with Crippen LogP contribution in [-0.2, 0) is 16.0 Å². The second-order valence-electron chi connectivity index (χ2n) is 5.46. The van der Waals surface area contributed by atoms with Crippen LogP contribution in [0.4, 0.5) is 5.82 Å². The van der Waals surface area contributed by atoms with Gasteiger partial charge in [0.15, 0.2) is 0 Å². The Labute approximate surface area is 128 Å². The zero-order valence-corrected chi connectivity index (χ0v) is 12.5. The van der Waals surface area contributed by atoms with Crippen LogP contribution in [0.15, 0.2) is 12.4 Å². The standard InChI is InChI=1S/C14H20N6O2/c1-2-3-9-6-12(20-14(19-9)17-8-18-20)16-7-10-4-5-11(22-10)13(15)21/h6,8,10-11,16H,2-5,7H2,1H3,(H2,15,21). The van der Waals surface area contributed by atoms with Gasteiger partial charge in [-0.3, -0.25) is 4.79 Å². The van der Waals surface area contributed by atoms with Crippen molar-refractivity contribution in [1.82, 2.24) is 19.6 Å². The summed E-state index contributed by atoms with van der Waals surface area (Å²) in [7, 11) is 0. The quantitative estimate of drug-likeness (QED) is 0.805. The number of fused-ring (bicyclic) bond motifs is 1. The number of aromatic nitrogens is 4. The van der Waals surface area contributed by atoms with Gasteiger partial charge in [-0.25, -0.2) is 4.98 Å². The predicted octanol–water partition coefficient (Wildman–Crippen LogP) is 0.522. The van der Waals surface area contributed by atoms with Gasteiger partial charge in [-0.15, -0.1) is 0 Å². The summed E-state index contributed by atoms with van der Waals surface area (Å²) in [6.07, 6.45) is 4.39. The summed E-state index contributed by atoms with van der Waals surface area (Å²) in [5, 5.41) is 7.49. The lowest BCUT2D eigenvalue weighted by molar-refractivity contribution is -0.128. The van der Waals surface area contributed by atoms with Crippen LogP contribution in [-0.4, -0.2) is 44.2 Å². The number of hydrogen-bond donors (Lipinski definition) is 2. The first-order valence-corrected chi connectivity index (χ1v) is 7.55. The molecule has 1 fully saturated rings. The fraction of sp³-hybridized carbons (Fsp3) is 0.571. The van der Waals surface area contributed by atoms with Crippen molar-refractivity contribution in [3.05, 3.63) is 18.1 Å². The molecule has 2 aromatic rings. The van der Waals surface area contributed by atoms with Gasteiger partial charge >= 0.3 is 0 Å². The molecule has 2 aromatic heterocycles. The molecule has 1 aliphatic rings. The van der Waals surface area contributed by atoms with Crippen molar-refractivity contribution >= 4 is 17.5 Å². The topological polar surface area (TPSA) is 107 Å². The summed E-state index contributed by atoms with van der Waals surface area (Å²) in [6, 6.07) is 1.98. The van der Waals surface area contributed by atoms with Crippen molar-refractivity contribution in [2.45, 2.75) is 44.8 Å². The number of carbonyl (C=O) groups is 1. The van der Waals surface area contributed by atoms with E-state index in [2.05, 4.69) is 27.3 Å². The van der Waals surface area contributed by atoms with E-state index in [-0.39, 0.29) is 6.10 Å². The Bertz CT molecular complexity index is 670. The minimum absolute atomic E-state index is 0.0288. The van der Waals surface area contributed by atoms with Crippen LogP contribution in [0.2, 0.25) is 0 Å². The minimum atomic E-state index is -0.466. The summed E-state index contributed by atoms with van der Waals surface area (Å²) in [5.74, 6) is 1.02. The van der Waals surface area contributed by atoms with Gasteiger partial charge in [0.25, 0.3) is 5.78 Å². The fourth-order valence-electron chi connectivity index (χ4n) is 2.65. The molecular weight excluding hydrogens is 284 g/mol. The zero-order valence-electron chi connectivity index (χ0n) is 12.5. The Hall–Kier alpha value is -2.22. The van der Waals surface area contributed by atoms with Crippen molar-refractivity contribution in [2.24, 2.45) is 5.73 Å². The SMILES string of the molecule is CCCc1cc(NCC2CCC(C(N)=O)O2)n2ncnc2n1. The van der Waals surface area contributed by atoms with Crippen LogP contribution < -0.4 is 11.1 Å². The molecule has 0 radical (unpaired) electrons. The Morgan fingerprint density at radius 3 is 3.14 bits per heavy atom. The zero-order chi connectivity index (χ0) is 15.5. The number of anilines is 1. The van der Waals surface area contributed by atoms with E-state index in [1.807, 2.05) is 6.07 Å². The lowest BCUT2D eigenvalue weighted by Gasteiger charge is -2.14. The molecule has 1 amide bonds. The molecule has 0 spiro atoms. The molecular formula is C14H20N6O2. The third kappa shape index (κ3) is 3.01. The molecule has 0 aromatic carbocycles. The molecule has 118 valence electrons. The van der Waals surface area contributed by atoms with Crippen LogP contribution in [0.1, 0.15) is 31.9 Å². The second-order valence-corrected chi connectivity index (χ2v) is 5.46. The predicted molar refractivity (Wildman–Crippen MR) is 80.4 cm³/mol. The van der Waals surface area contributed by atoms with Gasteiger partial charge in [0, 0.05) is 18.3 Å². The summed E-state index contributed by atoms with van der Waals surface area (Å²) >= 11 is 0. The number of aryl methyl sites for hydroxylation is 1. The van der Waals surface area contributed by atoms with Gasteiger partial charge in [0.1, 0.15) is 18.2 Å². The number of nitrogens with one attached hydrogen (secondary N) is 1. The third-order valence-corrected chi connectivity index (χ3v) is 3.75. The molecule has 8 nitrogen and oxygen atoms in total. The molecule has 2 atom stereocenters. The minimum Gasteiger partial charge on any atom is -0.367 e. The van der Waals surface area contributed by atoms with E-state index in [0.29, 0.717) is 18.7 Å². The second kappa shape index (κ2) is 6.27. The highest BCUT2D eigenvalue weighted by atomic mass is 16.5. The highest BCUT2D eigenvalue weighted by molar-refractivity contribution is 5.79. The number of hydrogen-bond acceptors (Lipinski definition) is 6. The van der Waals surface area contributed by atoms with Crippen molar-refractivity contribution in [3.63, 3.8) is 0 Å². The van der Waals surface area contributed by atoms with E-state index in [9.17, 15) is 4.79 Å². The summed E-state index contributed by atoms with van der Waals surface area (Å²) < 4.78 is 7.28. The first-order chi connectivity index (χ1) is 10.7. The average Bonchev–Trinajstić information content (AvgIpc) is 3.14. The molecule has 3 heterocycles. The van der Waals surface area contributed by atoms with Crippen LogP contribution >= 0.6 is 0 Å². The third-order valence-electron chi connectivity index (χ3n) is 3.75. The van der Waals surface area contributed by atoms with E-state index in [1.165, 1.54) is 6.33 Å². The summed E-state index contributed by atoms with van der Waals surface area (Å²) in [5.41, 5.74) is 6.25. The van der Waals surface area contributed by atoms with E-state index in [1.54, 1.807) is 4.52 Å². The maximum absolute atomic E-state index is 11.1. The lowest BCUT2D eigenvalue weighted by Crippen LogP contribution is -2.30. The summed E-state index contributed by atoms with van der Waals surface area (Å²) in [6.45, 7) is 2.70. The first kappa shape index (κ1) is 14.7. The highest BCUT2D eigenvalue weighted by Crippen LogP contribution is 2.20. The van der Waals surface area contributed by atoms with Crippen molar-refractivity contribution in [3.8, 4) is 0 Å². The normalized spacial score (nSPS) is 21.3. The largest absolute Gasteiger partial charge is 0.367 e. The number of ether oxygens (including phenoxy) is 1. The molecule has 22 heavy (non-hydrogen) atoms. The Kier molecular flexibility index (Phi) is 4.19. The van der Waals surface area contributed by atoms with Gasteiger partial charge in [-0.05, 0) is 19.3 Å². The maximum Gasteiger partial charge on any atom is 0.254 e. The van der Waals surface area contributed by atoms with Crippen molar-refractivity contribution in [2.75, 3.05) is 11.9 Å². The highest BCUT2D eigenvalue weighted by Gasteiger charge is 2.29. The van der Waals surface area contributed by atoms with Gasteiger partial charge in [0.05, 0.1) is 6.10 Å². The molecule has 2 unspecified atom stereocenters. The molecule has 3 N–H and O–H groups in total. The molecule has 3 rings (SSSR count). The first-order valence-electron chi connectivity index (χ1n) is 7.55. The summed E-state index contributed by atoms with van der Waals surface area (Å²) in [4.78, 5) is 19.7. The number of amides is 1. The Morgan fingerprint density at radius 1 is 1.55 bits per heavy atom. The van der Waals surface area contributed by atoms with Gasteiger partial charge in [0.2, 0.25) is 5.91 Å². The van der Waals surface area contributed by atoms with E-state index >= 15 is 0 Å². The van der Waals surface area contributed by atoms with E-state index in [4.69, 9.17) is 10.5 Å². The number of rotatable bonds is 6. The van der Waals surface area contributed by atoms with Gasteiger partial charge in [-0.2, -0.15) is 14.6 Å². The molecule has 0 bridgehead atoms. The average molecular weight is 304 g/mol.